The Bertz CT molecular complexity index is 880. The van der Waals surface area contributed by atoms with E-state index in [1.54, 1.807) is 18.2 Å². The van der Waals surface area contributed by atoms with Gasteiger partial charge >= 0.3 is 0 Å². The fourth-order valence-corrected chi connectivity index (χ4v) is 3.86. The monoisotopic (exact) mass is 416 g/mol. The van der Waals surface area contributed by atoms with Gasteiger partial charge < -0.3 is 29.4 Å². The van der Waals surface area contributed by atoms with E-state index in [4.69, 9.17) is 9.15 Å². The molecule has 2 N–H and O–H groups in total. The number of oxazole rings is 1. The normalized spacial score (nSPS) is 20.2. The molecule has 164 valence electrons. The molecule has 2 heterocycles. The van der Waals surface area contributed by atoms with E-state index in [9.17, 15) is 9.90 Å². The van der Waals surface area contributed by atoms with Crippen LogP contribution in [0.15, 0.2) is 22.6 Å². The van der Waals surface area contributed by atoms with Crippen molar-refractivity contribution in [1.29, 1.82) is 0 Å². The average Bonchev–Trinajstić information content (AvgIpc) is 2.95. The first-order valence-corrected chi connectivity index (χ1v) is 10.2. The molecular formula is C22H32N4O4. The number of nitrogens with zero attached hydrogens (tertiary/aromatic N) is 3. The van der Waals surface area contributed by atoms with Gasteiger partial charge in [0.15, 0.2) is 11.5 Å². The van der Waals surface area contributed by atoms with Crippen molar-refractivity contribution < 1.29 is 19.1 Å². The van der Waals surface area contributed by atoms with Gasteiger partial charge in [-0.15, -0.1) is 0 Å². The number of nitrogens with one attached hydrogen (secondary N) is 1. The van der Waals surface area contributed by atoms with E-state index in [1.807, 2.05) is 6.92 Å². The molecule has 2 aromatic rings. The zero-order valence-electron chi connectivity index (χ0n) is 18.4. The number of methoxy groups -OCH3 is 1. The molecule has 3 rings (SSSR count). The van der Waals surface area contributed by atoms with Gasteiger partial charge in [0.1, 0.15) is 11.5 Å². The lowest BCUT2D eigenvalue weighted by Crippen LogP contribution is -2.39. The SMILES string of the molecule is COc1cc(-c2nc(CNC(=O)[C@@H]3CC[C@H](N(C)C)CN(C)C3)c(C)o2)ccc1O. The van der Waals surface area contributed by atoms with Crippen molar-refractivity contribution in [3.05, 3.63) is 29.7 Å². The van der Waals surface area contributed by atoms with E-state index in [2.05, 4.69) is 41.2 Å². The van der Waals surface area contributed by atoms with Crippen LogP contribution >= 0.6 is 0 Å². The number of ether oxygens (including phenoxy) is 1. The number of phenols is 1. The molecule has 1 aromatic heterocycles. The van der Waals surface area contributed by atoms with E-state index in [-0.39, 0.29) is 17.6 Å². The smallest absolute Gasteiger partial charge is 0.226 e. The summed E-state index contributed by atoms with van der Waals surface area (Å²) in [5.41, 5.74) is 1.39. The highest BCUT2D eigenvalue weighted by Gasteiger charge is 2.27. The number of aromatic hydroxyl groups is 1. The van der Waals surface area contributed by atoms with Gasteiger partial charge in [-0.3, -0.25) is 4.79 Å². The maximum Gasteiger partial charge on any atom is 0.226 e. The molecule has 0 unspecified atom stereocenters. The van der Waals surface area contributed by atoms with Crippen LogP contribution in [0.5, 0.6) is 11.5 Å². The number of benzene rings is 1. The van der Waals surface area contributed by atoms with E-state index in [1.165, 1.54) is 7.11 Å². The minimum absolute atomic E-state index is 0.0343. The van der Waals surface area contributed by atoms with Crippen LogP contribution in [0.4, 0.5) is 0 Å². The van der Waals surface area contributed by atoms with E-state index < -0.39 is 0 Å². The number of hydrogen-bond donors (Lipinski definition) is 2. The first-order chi connectivity index (χ1) is 14.3. The van der Waals surface area contributed by atoms with Crippen molar-refractivity contribution in [2.75, 3.05) is 41.3 Å². The van der Waals surface area contributed by atoms with Crippen LogP contribution < -0.4 is 10.1 Å². The molecule has 1 aliphatic rings. The molecule has 1 aromatic carbocycles. The van der Waals surface area contributed by atoms with Gasteiger partial charge in [-0.05, 0) is 59.1 Å². The third-order valence-electron chi connectivity index (χ3n) is 5.75. The maximum atomic E-state index is 12.8. The topological polar surface area (TPSA) is 91.1 Å². The van der Waals surface area contributed by atoms with Crippen LogP contribution in [0.1, 0.15) is 24.3 Å². The fourth-order valence-electron chi connectivity index (χ4n) is 3.86. The Morgan fingerprint density at radius 3 is 2.83 bits per heavy atom. The molecule has 0 radical (unpaired) electrons. The molecule has 8 nitrogen and oxygen atoms in total. The van der Waals surface area contributed by atoms with Crippen molar-refractivity contribution in [1.82, 2.24) is 20.1 Å². The second-order valence-corrected chi connectivity index (χ2v) is 8.24. The maximum absolute atomic E-state index is 12.8. The van der Waals surface area contributed by atoms with Gasteiger partial charge in [0.2, 0.25) is 11.8 Å². The molecule has 1 aliphatic heterocycles. The first-order valence-electron chi connectivity index (χ1n) is 10.2. The molecule has 0 spiro atoms. The summed E-state index contributed by atoms with van der Waals surface area (Å²) in [6, 6.07) is 5.40. The van der Waals surface area contributed by atoms with Crippen LogP contribution in [0, 0.1) is 12.8 Å². The lowest BCUT2D eigenvalue weighted by Gasteiger charge is -2.25. The summed E-state index contributed by atoms with van der Waals surface area (Å²) < 4.78 is 10.9. The van der Waals surface area contributed by atoms with Crippen molar-refractivity contribution >= 4 is 5.91 Å². The second kappa shape index (κ2) is 9.49. The van der Waals surface area contributed by atoms with Crippen LogP contribution in [-0.2, 0) is 11.3 Å². The number of likely N-dealkylation sites (tertiary alicyclic amines) is 1. The highest BCUT2D eigenvalue weighted by Crippen LogP contribution is 2.31. The number of phenolic OH excluding ortho intramolecular Hbond substituents is 1. The summed E-state index contributed by atoms with van der Waals surface area (Å²) in [5.74, 6) is 1.51. The third kappa shape index (κ3) is 5.12. The molecule has 1 fully saturated rings. The van der Waals surface area contributed by atoms with Crippen LogP contribution in [0.25, 0.3) is 11.5 Å². The third-order valence-corrected chi connectivity index (χ3v) is 5.75. The predicted molar refractivity (Wildman–Crippen MR) is 114 cm³/mol. The Morgan fingerprint density at radius 1 is 1.37 bits per heavy atom. The Hall–Kier alpha value is -2.58. The molecule has 8 heteroatoms. The van der Waals surface area contributed by atoms with Gasteiger partial charge in [0, 0.05) is 24.7 Å². The van der Waals surface area contributed by atoms with E-state index in [0.717, 1.165) is 25.9 Å². The molecule has 30 heavy (non-hydrogen) atoms. The lowest BCUT2D eigenvalue weighted by molar-refractivity contribution is -0.125. The Labute approximate surface area is 177 Å². The standard InChI is InChI=1S/C22H32N4O4/c1-14-18(24-22(30-14)15-7-9-19(27)20(10-15)29-5)11-23-21(28)16-6-8-17(25(2)3)13-26(4)12-16/h7,9-10,16-17,27H,6,8,11-13H2,1-5H3,(H,23,28)/t16-,17+/m1/s1. The highest BCUT2D eigenvalue weighted by molar-refractivity contribution is 5.78. The zero-order chi connectivity index (χ0) is 21.8. The number of likely N-dealkylation sites (N-methyl/N-ethyl adjacent to an activating group) is 2. The number of hydrogen-bond acceptors (Lipinski definition) is 7. The number of aromatic nitrogens is 1. The van der Waals surface area contributed by atoms with Crippen molar-refractivity contribution in [3.8, 4) is 23.0 Å². The Kier molecular flexibility index (Phi) is 6.99. The summed E-state index contributed by atoms with van der Waals surface area (Å²) in [4.78, 5) is 21.8. The second-order valence-electron chi connectivity index (χ2n) is 8.24. The summed E-state index contributed by atoms with van der Waals surface area (Å²) in [7, 11) is 7.75. The molecular weight excluding hydrogens is 384 g/mol. The predicted octanol–water partition coefficient (Wildman–Crippen LogP) is 2.25. The first kappa shape index (κ1) is 22.1. The van der Waals surface area contributed by atoms with Crippen molar-refractivity contribution in [3.63, 3.8) is 0 Å². The summed E-state index contributed by atoms with van der Waals surface area (Å²) in [5, 5.41) is 12.8. The minimum atomic E-state index is -0.0343. The van der Waals surface area contributed by atoms with E-state index >= 15 is 0 Å². The molecule has 2 atom stereocenters. The fraction of sp³-hybridized carbons (Fsp3) is 0.545. The molecule has 0 aliphatic carbocycles. The summed E-state index contributed by atoms with van der Waals surface area (Å²) >= 11 is 0. The quantitative estimate of drug-likeness (QED) is 0.746. The molecule has 1 saturated heterocycles. The lowest BCUT2D eigenvalue weighted by atomic mass is 10.0. The number of aryl methyl sites for hydroxylation is 1. The van der Waals surface area contributed by atoms with Gasteiger partial charge in [0.25, 0.3) is 0 Å². The molecule has 0 saturated carbocycles. The highest BCUT2D eigenvalue weighted by atomic mass is 16.5. The Balaban J connectivity index is 1.64. The van der Waals surface area contributed by atoms with Gasteiger partial charge in [0.05, 0.1) is 19.6 Å². The van der Waals surface area contributed by atoms with Gasteiger partial charge in [-0.1, -0.05) is 0 Å². The summed E-state index contributed by atoms with van der Waals surface area (Å²) in [6.45, 7) is 3.88. The number of carbonyl (C=O) groups excluding carboxylic acids is 1. The summed E-state index contributed by atoms with van der Waals surface area (Å²) in [6.07, 6.45) is 1.88. The minimum Gasteiger partial charge on any atom is -0.504 e. The average molecular weight is 417 g/mol. The Morgan fingerprint density at radius 2 is 2.13 bits per heavy atom. The van der Waals surface area contributed by atoms with Crippen molar-refractivity contribution in [2.24, 2.45) is 5.92 Å². The largest absolute Gasteiger partial charge is 0.504 e. The van der Waals surface area contributed by atoms with E-state index in [0.29, 0.717) is 41.2 Å². The zero-order valence-corrected chi connectivity index (χ0v) is 18.4. The van der Waals surface area contributed by atoms with Gasteiger partial charge in [-0.2, -0.15) is 0 Å². The van der Waals surface area contributed by atoms with Crippen molar-refractivity contribution in [2.45, 2.75) is 32.4 Å². The van der Waals surface area contributed by atoms with Crippen LogP contribution in [0.2, 0.25) is 0 Å². The van der Waals surface area contributed by atoms with Gasteiger partial charge in [-0.25, -0.2) is 4.98 Å². The number of rotatable bonds is 6. The van der Waals surface area contributed by atoms with Crippen LogP contribution in [0.3, 0.4) is 0 Å². The number of amides is 1. The molecule has 1 amide bonds. The van der Waals surface area contributed by atoms with Crippen LogP contribution in [-0.4, -0.2) is 73.2 Å². The molecule has 0 bridgehead atoms. The number of carbonyl (C=O) groups is 1.